The van der Waals surface area contributed by atoms with E-state index in [1.165, 1.54) is 0 Å². The maximum atomic E-state index is 9.40. The molecule has 0 saturated carbocycles. The lowest BCUT2D eigenvalue weighted by atomic mass is 10.1. The third-order valence-electron chi connectivity index (χ3n) is 2.87. The molecular formula is C13H11BrN2O2. The summed E-state index contributed by atoms with van der Waals surface area (Å²) < 4.78 is 6.32. The van der Waals surface area contributed by atoms with Crippen molar-refractivity contribution < 1.29 is 9.84 Å². The van der Waals surface area contributed by atoms with Crippen LogP contribution in [0.1, 0.15) is 11.6 Å². The van der Waals surface area contributed by atoms with Crippen LogP contribution in [0.5, 0.6) is 11.5 Å². The van der Waals surface area contributed by atoms with Crippen molar-refractivity contribution in [2.45, 2.75) is 6.04 Å². The highest BCUT2D eigenvalue weighted by molar-refractivity contribution is 9.10. The molecule has 0 saturated heterocycles. The van der Waals surface area contributed by atoms with Gasteiger partial charge in [0, 0.05) is 17.8 Å². The normalized spacial score (nSPS) is 17.1. The van der Waals surface area contributed by atoms with Crippen LogP contribution in [0.3, 0.4) is 0 Å². The van der Waals surface area contributed by atoms with Gasteiger partial charge in [0.15, 0.2) is 0 Å². The van der Waals surface area contributed by atoms with Crippen molar-refractivity contribution in [2.24, 2.45) is 0 Å². The summed E-state index contributed by atoms with van der Waals surface area (Å²) in [6, 6.07) is 9.08. The molecule has 1 atom stereocenters. The van der Waals surface area contributed by atoms with Gasteiger partial charge in [-0.25, -0.2) is 4.98 Å². The molecule has 0 amide bonds. The molecule has 3 rings (SSSR count). The van der Waals surface area contributed by atoms with E-state index in [9.17, 15) is 5.11 Å². The van der Waals surface area contributed by atoms with Gasteiger partial charge in [-0.2, -0.15) is 0 Å². The molecular weight excluding hydrogens is 296 g/mol. The highest BCUT2D eigenvalue weighted by atomic mass is 79.9. The van der Waals surface area contributed by atoms with Crippen molar-refractivity contribution in [3.8, 4) is 11.5 Å². The topological polar surface area (TPSA) is 54.4 Å². The third kappa shape index (κ3) is 2.01. The molecule has 2 N–H and O–H groups in total. The Morgan fingerprint density at radius 3 is 3.11 bits per heavy atom. The van der Waals surface area contributed by atoms with Gasteiger partial charge in [-0.05, 0) is 40.2 Å². The quantitative estimate of drug-likeness (QED) is 0.837. The molecule has 2 heterocycles. The molecule has 5 heteroatoms. The minimum absolute atomic E-state index is 0.0705. The SMILES string of the molecule is Oc1ccc2c(c1)OCC2Nc1cccnc1Br. The summed E-state index contributed by atoms with van der Waals surface area (Å²) >= 11 is 3.40. The minimum atomic E-state index is 0.0705. The van der Waals surface area contributed by atoms with Crippen LogP contribution in [-0.2, 0) is 0 Å². The van der Waals surface area contributed by atoms with E-state index in [0.29, 0.717) is 6.61 Å². The van der Waals surface area contributed by atoms with Gasteiger partial charge in [0.25, 0.3) is 0 Å². The number of hydrogen-bond donors (Lipinski definition) is 2. The fraction of sp³-hybridized carbons (Fsp3) is 0.154. The number of phenols is 1. The number of nitrogens with one attached hydrogen (secondary N) is 1. The fourth-order valence-electron chi connectivity index (χ4n) is 2.00. The van der Waals surface area contributed by atoms with Gasteiger partial charge in [0.05, 0.1) is 11.7 Å². The predicted octanol–water partition coefficient (Wildman–Crippen LogP) is 3.10. The maximum Gasteiger partial charge on any atom is 0.129 e. The number of halogens is 1. The number of hydrogen-bond acceptors (Lipinski definition) is 4. The number of pyridine rings is 1. The molecule has 0 spiro atoms. The first-order chi connectivity index (χ1) is 8.74. The largest absolute Gasteiger partial charge is 0.508 e. The van der Waals surface area contributed by atoms with E-state index in [1.807, 2.05) is 18.2 Å². The Labute approximate surface area is 113 Å². The zero-order chi connectivity index (χ0) is 12.5. The summed E-state index contributed by atoms with van der Waals surface area (Å²) in [7, 11) is 0. The Hall–Kier alpha value is -1.75. The maximum absolute atomic E-state index is 9.40. The van der Waals surface area contributed by atoms with Crippen LogP contribution in [0.15, 0.2) is 41.1 Å². The summed E-state index contributed by atoms with van der Waals surface area (Å²) in [6.07, 6.45) is 1.73. The monoisotopic (exact) mass is 306 g/mol. The van der Waals surface area contributed by atoms with Crippen LogP contribution in [0.2, 0.25) is 0 Å². The first-order valence-electron chi connectivity index (χ1n) is 5.57. The van der Waals surface area contributed by atoms with Crippen LogP contribution >= 0.6 is 15.9 Å². The van der Waals surface area contributed by atoms with Gasteiger partial charge < -0.3 is 15.2 Å². The number of phenolic OH excluding ortho intramolecular Hbond substituents is 1. The lowest BCUT2D eigenvalue weighted by molar-refractivity contribution is 0.338. The zero-order valence-electron chi connectivity index (χ0n) is 9.43. The zero-order valence-corrected chi connectivity index (χ0v) is 11.0. The van der Waals surface area contributed by atoms with Gasteiger partial charge in [-0.15, -0.1) is 0 Å². The number of anilines is 1. The van der Waals surface area contributed by atoms with E-state index >= 15 is 0 Å². The summed E-state index contributed by atoms with van der Waals surface area (Å²) in [5, 5.41) is 12.8. The molecule has 18 heavy (non-hydrogen) atoms. The second-order valence-corrected chi connectivity index (χ2v) is 4.82. The molecule has 0 radical (unpaired) electrons. The fourth-order valence-corrected chi connectivity index (χ4v) is 2.36. The average Bonchev–Trinajstić information content (AvgIpc) is 2.74. The predicted molar refractivity (Wildman–Crippen MR) is 71.9 cm³/mol. The van der Waals surface area contributed by atoms with Gasteiger partial charge in [0.2, 0.25) is 0 Å². The standard InChI is InChI=1S/C13H11BrN2O2/c14-13-10(2-1-5-15-13)16-11-7-18-12-6-8(17)3-4-9(11)12/h1-6,11,16-17H,7H2. The van der Waals surface area contributed by atoms with Crippen molar-refractivity contribution >= 4 is 21.6 Å². The molecule has 4 nitrogen and oxygen atoms in total. The number of nitrogens with zero attached hydrogens (tertiary/aromatic N) is 1. The van der Waals surface area contributed by atoms with Crippen LogP contribution in [0.4, 0.5) is 5.69 Å². The number of ether oxygens (including phenoxy) is 1. The van der Waals surface area contributed by atoms with Crippen LogP contribution in [-0.4, -0.2) is 16.7 Å². The first kappa shape index (κ1) is 11.3. The summed E-state index contributed by atoms with van der Waals surface area (Å²) in [5.74, 6) is 0.949. The first-order valence-corrected chi connectivity index (χ1v) is 6.36. The molecule has 1 aromatic heterocycles. The van der Waals surface area contributed by atoms with Gasteiger partial charge in [-0.3, -0.25) is 0 Å². The Balaban J connectivity index is 1.87. The third-order valence-corrected chi connectivity index (χ3v) is 3.50. The molecule has 1 aliphatic rings. The van der Waals surface area contributed by atoms with Crippen molar-refractivity contribution in [1.29, 1.82) is 0 Å². The number of aromatic hydroxyl groups is 1. The number of rotatable bonds is 2. The Morgan fingerprint density at radius 1 is 1.39 bits per heavy atom. The minimum Gasteiger partial charge on any atom is -0.508 e. The van der Waals surface area contributed by atoms with Crippen LogP contribution in [0, 0.1) is 0 Å². The van der Waals surface area contributed by atoms with Crippen molar-refractivity contribution in [1.82, 2.24) is 4.98 Å². The van der Waals surface area contributed by atoms with E-state index in [2.05, 4.69) is 26.2 Å². The molecule has 2 aromatic rings. The summed E-state index contributed by atoms with van der Waals surface area (Å²) in [4.78, 5) is 4.16. The van der Waals surface area contributed by atoms with E-state index in [-0.39, 0.29) is 11.8 Å². The second kappa shape index (κ2) is 4.49. The van der Waals surface area contributed by atoms with E-state index in [0.717, 1.165) is 21.6 Å². The number of benzene rings is 1. The lowest BCUT2D eigenvalue weighted by Gasteiger charge is -2.13. The second-order valence-electron chi connectivity index (χ2n) is 4.07. The summed E-state index contributed by atoms with van der Waals surface area (Å²) in [5.41, 5.74) is 1.97. The van der Waals surface area contributed by atoms with Crippen LogP contribution < -0.4 is 10.1 Å². The molecule has 1 unspecified atom stereocenters. The van der Waals surface area contributed by atoms with Crippen molar-refractivity contribution in [2.75, 3.05) is 11.9 Å². The van der Waals surface area contributed by atoms with Gasteiger partial charge >= 0.3 is 0 Å². The molecule has 92 valence electrons. The van der Waals surface area contributed by atoms with Gasteiger partial charge in [-0.1, -0.05) is 0 Å². The van der Waals surface area contributed by atoms with Crippen molar-refractivity contribution in [3.05, 3.63) is 46.7 Å². The average molecular weight is 307 g/mol. The van der Waals surface area contributed by atoms with E-state index < -0.39 is 0 Å². The smallest absolute Gasteiger partial charge is 0.129 e. The van der Waals surface area contributed by atoms with Crippen molar-refractivity contribution in [3.63, 3.8) is 0 Å². The highest BCUT2D eigenvalue weighted by Gasteiger charge is 2.24. The molecule has 0 bridgehead atoms. The Morgan fingerprint density at radius 2 is 2.28 bits per heavy atom. The lowest BCUT2D eigenvalue weighted by Crippen LogP contribution is -2.12. The van der Waals surface area contributed by atoms with Gasteiger partial charge in [0.1, 0.15) is 22.7 Å². The molecule has 1 aromatic carbocycles. The Kier molecular flexibility index (Phi) is 2.83. The van der Waals surface area contributed by atoms with E-state index in [1.54, 1.807) is 18.3 Å². The Bertz CT molecular complexity index is 589. The highest BCUT2D eigenvalue weighted by Crippen LogP contribution is 2.37. The van der Waals surface area contributed by atoms with E-state index in [4.69, 9.17) is 4.74 Å². The van der Waals surface area contributed by atoms with Crippen LogP contribution in [0.25, 0.3) is 0 Å². The molecule has 0 aliphatic carbocycles. The number of fused-ring (bicyclic) bond motifs is 1. The number of aromatic nitrogens is 1. The molecule has 1 aliphatic heterocycles. The summed E-state index contributed by atoms with van der Waals surface area (Å²) in [6.45, 7) is 0.542. The molecule has 0 fully saturated rings.